The maximum atomic E-state index is 11.1. The van der Waals surface area contributed by atoms with E-state index in [1.165, 1.54) is 0 Å². The Bertz CT molecular complexity index is 212. The number of likely N-dealkylation sites (tertiary alicyclic amines) is 1. The van der Waals surface area contributed by atoms with Gasteiger partial charge < -0.3 is 10.6 Å². The molecule has 1 saturated heterocycles. The average Bonchev–Trinajstić information content (AvgIpc) is 2.27. The third kappa shape index (κ3) is 3.18. The van der Waals surface area contributed by atoms with Crippen LogP contribution in [0.1, 0.15) is 26.7 Å². The summed E-state index contributed by atoms with van der Waals surface area (Å²) < 4.78 is 0. The van der Waals surface area contributed by atoms with E-state index in [4.69, 9.17) is 5.73 Å². The maximum absolute atomic E-state index is 11.1. The second kappa shape index (κ2) is 5.47. The Morgan fingerprint density at radius 3 is 2.47 bits per heavy atom. The highest BCUT2D eigenvalue weighted by atomic mass is 16.1. The van der Waals surface area contributed by atoms with E-state index in [9.17, 15) is 4.79 Å². The van der Waals surface area contributed by atoms with E-state index < -0.39 is 0 Å². The lowest BCUT2D eigenvalue weighted by atomic mass is 10.0. The number of amides is 1. The zero-order chi connectivity index (χ0) is 11.4. The van der Waals surface area contributed by atoms with Gasteiger partial charge in [0.05, 0.1) is 6.04 Å². The van der Waals surface area contributed by atoms with Crippen molar-refractivity contribution < 1.29 is 4.79 Å². The minimum absolute atomic E-state index is 0.150. The van der Waals surface area contributed by atoms with Gasteiger partial charge in [0.25, 0.3) is 0 Å². The van der Waals surface area contributed by atoms with Crippen LogP contribution in [0.15, 0.2) is 0 Å². The molecule has 0 aromatic rings. The van der Waals surface area contributed by atoms with Crippen molar-refractivity contribution in [1.82, 2.24) is 9.80 Å². The Labute approximate surface area is 92.4 Å². The van der Waals surface area contributed by atoms with Crippen molar-refractivity contribution in [2.45, 2.75) is 38.8 Å². The van der Waals surface area contributed by atoms with Gasteiger partial charge in [-0.05, 0) is 46.4 Å². The lowest BCUT2D eigenvalue weighted by Gasteiger charge is -2.38. The van der Waals surface area contributed by atoms with Gasteiger partial charge >= 0.3 is 0 Å². The zero-order valence-corrected chi connectivity index (χ0v) is 10.1. The molecular weight excluding hydrogens is 190 g/mol. The molecule has 0 bridgehead atoms. The van der Waals surface area contributed by atoms with Crippen molar-refractivity contribution >= 4 is 5.91 Å². The molecule has 0 radical (unpaired) electrons. The second-order valence-corrected chi connectivity index (χ2v) is 4.41. The smallest absolute Gasteiger partial charge is 0.234 e. The molecule has 1 aliphatic heterocycles. The molecule has 0 saturated carbocycles. The molecule has 0 aromatic heterocycles. The monoisotopic (exact) mass is 213 g/mol. The van der Waals surface area contributed by atoms with Gasteiger partial charge in [-0.25, -0.2) is 0 Å². The van der Waals surface area contributed by atoms with Crippen LogP contribution in [0.5, 0.6) is 0 Å². The molecule has 0 aromatic carbocycles. The second-order valence-electron chi connectivity index (χ2n) is 4.41. The number of carbonyl (C=O) groups excluding carboxylic acids is 1. The van der Waals surface area contributed by atoms with Gasteiger partial charge in [-0.1, -0.05) is 6.92 Å². The fourth-order valence-electron chi connectivity index (χ4n) is 2.16. The number of hydrogen-bond donors (Lipinski definition) is 1. The standard InChI is InChI=1S/C11H23N3O/c1-4-14-7-5-10(6-8-14)13(3)9(2)11(12)15/h9-10H,4-8H2,1-3H3,(H2,12,15). The largest absolute Gasteiger partial charge is 0.368 e. The van der Waals surface area contributed by atoms with E-state index in [2.05, 4.69) is 16.7 Å². The van der Waals surface area contributed by atoms with Crippen LogP contribution in [0.25, 0.3) is 0 Å². The van der Waals surface area contributed by atoms with E-state index in [1.54, 1.807) is 0 Å². The number of nitrogens with two attached hydrogens (primary N) is 1. The third-order valence-corrected chi connectivity index (χ3v) is 3.60. The molecule has 1 unspecified atom stereocenters. The van der Waals surface area contributed by atoms with Crippen LogP contribution in [-0.4, -0.2) is 54.5 Å². The quantitative estimate of drug-likeness (QED) is 0.729. The molecule has 1 amide bonds. The Kier molecular flexibility index (Phi) is 4.54. The first-order chi connectivity index (χ1) is 7.06. The molecule has 4 heteroatoms. The number of nitrogens with zero attached hydrogens (tertiary/aromatic N) is 2. The Hall–Kier alpha value is -0.610. The van der Waals surface area contributed by atoms with E-state index >= 15 is 0 Å². The minimum atomic E-state index is -0.226. The van der Waals surface area contributed by atoms with Crippen molar-refractivity contribution in [2.75, 3.05) is 26.7 Å². The summed E-state index contributed by atoms with van der Waals surface area (Å²) in [6.07, 6.45) is 2.28. The summed E-state index contributed by atoms with van der Waals surface area (Å²) in [4.78, 5) is 15.6. The van der Waals surface area contributed by atoms with E-state index in [1.807, 2.05) is 14.0 Å². The van der Waals surface area contributed by atoms with Gasteiger partial charge in [0.2, 0.25) is 5.91 Å². The van der Waals surface area contributed by atoms with Crippen molar-refractivity contribution in [1.29, 1.82) is 0 Å². The van der Waals surface area contributed by atoms with Gasteiger partial charge in [-0.15, -0.1) is 0 Å². The summed E-state index contributed by atoms with van der Waals surface area (Å²) in [5.74, 6) is -0.226. The summed E-state index contributed by atoms with van der Waals surface area (Å²) >= 11 is 0. The van der Waals surface area contributed by atoms with Crippen molar-refractivity contribution in [2.24, 2.45) is 5.73 Å². The molecule has 4 nitrogen and oxygen atoms in total. The zero-order valence-electron chi connectivity index (χ0n) is 10.1. The first kappa shape index (κ1) is 12.5. The van der Waals surface area contributed by atoms with E-state index in [-0.39, 0.29) is 11.9 Å². The van der Waals surface area contributed by atoms with Crippen LogP contribution < -0.4 is 5.73 Å². The number of hydrogen-bond acceptors (Lipinski definition) is 3. The first-order valence-corrected chi connectivity index (χ1v) is 5.79. The molecule has 1 heterocycles. The number of rotatable bonds is 4. The summed E-state index contributed by atoms with van der Waals surface area (Å²) in [5.41, 5.74) is 5.31. The van der Waals surface area contributed by atoms with Crippen LogP contribution >= 0.6 is 0 Å². The molecule has 15 heavy (non-hydrogen) atoms. The average molecular weight is 213 g/mol. The molecular formula is C11H23N3O. The Morgan fingerprint density at radius 1 is 1.53 bits per heavy atom. The predicted octanol–water partition coefficient (Wildman–Crippen LogP) is 0.276. The fourth-order valence-corrected chi connectivity index (χ4v) is 2.16. The topological polar surface area (TPSA) is 49.6 Å². The van der Waals surface area contributed by atoms with Gasteiger partial charge in [-0.3, -0.25) is 9.69 Å². The number of carbonyl (C=O) groups is 1. The van der Waals surface area contributed by atoms with Crippen molar-refractivity contribution in [3.63, 3.8) is 0 Å². The Morgan fingerprint density at radius 2 is 2.07 bits per heavy atom. The van der Waals surface area contributed by atoms with Crippen LogP contribution in [0, 0.1) is 0 Å². The lowest BCUT2D eigenvalue weighted by molar-refractivity contribution is -0.123. The minimum Gasteiger partial charge on any atom is -0.368 e. The SMILES string of the molecule is CCN1CCC(N(C)C(C)C(N)=O)CC1. The molecule has 0 aliphatic carbocycles. The van der Waals surface area contributed by atoms with Crippen molar-refractivity contribution in [3.8, 4) is 0 Å². The van der Waals surface area contributed by atoms with E-state index in [0.29, 0.717) is 6.04 Å². The number of piperidine rings is 1. The highest BCUT2D eigenvalue weighted by Gasteiger charge is 2.26. The maximum Gasteiger partial charge on any atom is 0.234 e. The van der Waals surface area contributed by atoms with Gasteiger partial charge in [0.1, 0.15) is 0 Å². The molecule has 1 rings (SSSR count). The van der Waals surface area contributed by atoms with Crippen LogP contribution in [0.3, 0.4) is 0 Å². The van der Waals surface area contributed by atoms with Gasteiger partial charge in [0.15, 0.2) is 0 Å². The molecule has 1 fully saturated rings. The Balaban J connectivity index is 2.42. The highest BCUT2D eigenvalue weighted by Crippen LogP contribution is 2.16. The third-order valence-electron chi connectivity index (χ3n) is 3.60. The highest BCUT2D eigenvalue weighted by molar-refractivity contribution is 5.79. The van der Waals surface area contributed by atoms with Gasteiger partial charge in [0, 0.05) is 6.04 Å². The van der Waals surface area contributed by atoms with Crippen LogP contribution in [0.2, 0.25) is 0 Å². The summed E-state index contributed by atoms with van der Waals surface area (Å²) in [5, 5.41) is 0. The summed E-state index contributed by atoms with van der Waals surface area (Å²) in [6.45, 7) is 7.47. The number of primary amides is 1. The van der Waals surface area contributed by atoms with Gasteiger partial charge in [-0.2, -0.15) is 0 Å². The van der Waals surface area contributed by atoms with E-state index in [0.717, 1.165) is 32.5 Å². The van der Waals surface area contributed by atoms with Crippen molar-refractivity contribution in [3.05, 3.63) is 0 Å². The van der Waals surface area contributed by atoms with Crippen LogP contribution in [0.4, 0.5) is 0 Å². The molecule has 1 atom stereocenters. The summed E-state index contributed by atoms with van der Waals surface area (Å²) in [6, 6.07) is 0.360. The molecule has 88 valence electrons. The number of likely N-dealkylation sites (N-methyl/N-ethyl adjacent to an activating group) is 1. The predicted molar refractivity (Wildman–Crippen MR) is 61.6 cm³/mol. The first-order valence-electron chi connectivity index (χ1n) is 5.79. The lowest BCUT2D eigenvalue weighted by Crippen LogP contribution is -2.50. The molecule has 2 N–H and O–H groups in total. The fraction of sp³-hybridized carbons (Fsp3) is 0.909. The van der Waals surface area contributed by atoms with Crippen LogP contribution in [-0.2, 0) is 4.79 Å². The molecule has 1 aliphatic rings. The normalized spacial score (nSPS) is 21.9. The molecule has 0 spiro atoms. The summed E-state index contributed by atoms with van der Waals surface area (Å²) in [7, 11) is 2.00.